The molecule has 1 atom stereocenters. The van der Waals surface area contributed by atoms with Crippen molar-refractivity contribution in [3.63, 3.8) is 0 Å². The first-order valence-electron chi connectivity index (χ1n) is 7.52. The van der Waals surface area contributed by atoms with Gasteiger partial charge in [0.1, 0.15) is 17.6 Å². The first-order valence-corrected chi connectivity index (χ1v) is 7.52. The monoisotopic (exact) mass is 341 g/mol. The van der Waals surface area contributed by atoms with Crippen LogP contribution < -0.4 is 20.1 Å². The minimum Gasteiger partial charge on any atom is -0.497 e. The third-order valence-electron chi connectivity index (χ3n) is 3.52. The van der Waals surface area contributed by atoms with Crippen LogP contribution in [0.1, 0.15) is 17.2 Å². The molecule has 0 aromatic heterocycles. The lowest BCUT2D eigenvalue weighted by Crippen LogP contribution is -2.32. The van der Waals surface area contributed by atoms with Crippen molar-refractivity contribution in [1.29, 1.82) is 5.26 Å². The van der Waals surface area contributed by atoms with Crippen molar-refractivity contribution in [2.75, 3.05) is 26.1 Å². The molecular weight excluding hydrogens is 322 g/mol. The summed E-state index contributed by atoms with van der Waals surface area (Å²) < 4.78 is 10.4. The number of nitrogens with zero attached hydrogens (tertiary/aromatic N) is 1. The van der Waals surface area contributed by atoms with E-state index in [0.717, 1.165) is 0 Å². The number of nitriles is 1. The van der Waals surface area contributed by atoms with E-state index in [4.69, 9.17) is 14.7 Å². The van der Waals surface area contributed by atoms with Gasteiger partial charge in [0.25, 0.3) is 0 Å². The van der Waals surface area contributed by atoms with Gasteiger partial charge in [-0.3, -0.25) is 0 Å². The number of urea groups is 1. The number of amides is 2. The summed E-state index contributed by atoms with van der Waals surface area (Å²) >= 11 is 0. The van der Waals surface area contributed by atoms with Crippen LogP contribution in [0.15, 0.2) is 42.5 Å². The predicted molar refractivity (Wildman–Crippen MR) is 92.7 cm³/mol. The number of aliphatic hydroxyl groups excluding tert-OH is 1. The van der Waals surface area contributed by atoms with Crippen molar-refractivity contribution in [3.05, 3.63) is 53.6 Å². The van der Waals surface area contributed by atoms with Gasteiger partial charge in [-0.1, -0.05) is 0 Å². The highest BCUT2D eigenvalue weighted by atomic mass is 16.5. The smallest absolute Gasteiger partial charge is 0.319 e. The maximum absolute atomic E-state index is 11.9. The lowest BCUT2D eigenvalue weighted by Gasteiger charge is -2.17. The van der Waals surface area contributed by atoms with Gasteiger partial charge in [0.2, 0.25) is 0 Å². The predicted octanol–water partition coefficient (Wildman–Crippen LogP) is 2.43. The highest BCUT2D eigenvalue weighted by Gasteiger charge is 2.15. The first-order chi connectivity index (χ1) is 12.1. The van der Waals surface area contributed by atoms with Crippen LogP contribution >= 0.6 is 0 Å². The number of anilines is 1. The Bertz CT molecular complexity index is 769. The number of hydrogen-bond donors (Lipinski definition) is 3. The number of carbonyl (C=O) groups excluding carboxylic acids is 1. The summed E-state index contributed by atoms with van der Waals surface area (Å²) in [4.78, 5) is 11.9. The van der Waals surface area contributed by atoms with Crippen LogP contribution in [0.5, 0.6) is 11.5 Å². The van der Waals surface area contributed by atoms with Crippen molar-refractivity contribution in [2.24, 2.45) is 0 Å². The number of ether oxygens (including phenoxy) is 2. The SMILES string of the molecule is COc1ccc(OC)c([C@@H](O)CNC(=O)Nc2ccc(C#N)cc2)c1. The minimum atomic E-state index is -0.961. The van der Waals surface area contributed by atoms with Crippen LogP contribution in [0.2, 0.25) is 0 Å². The summed E-state index contributed by atoms with van der Waals surface area (Å²) in [5, 5.41) is 24.3. The lowest BCUT2D eigenvalue weighted by molar-refractivity contribution is 0.170. The van der Waals surface area contributed by atoms with E-state index in [0.29, 0.717) is 28.3 Å². The zero-order valence-electron chi connectivity index (χ0n) is 13.9. The van der Waals surface area contributed by atoms with Gasteiger partial charge in [0.05, 0.1) is 25.9 Å². The first kappa shape index (κ1) is 18.1. The van der Waals surface area contributed by atoms with Crippen molar-refractivity contribution >= 4 is 11.7 Å². The molecule has 25 heavy (non-hydrogen) atoms. The van der Waals surface area contributed by atoms with Crippen LogP contribution in [0, 0.1) is 11.3 Å². The molecule has 0 bridgehead atoms. The number of rotatable bonds is 6. The molecule has 3 N–H and O–H groups in total. The van der Waals surface area contributed by atoms with E-state index in [1.165, 1.54) is 14.2 Å². The molecule has 2 amide bonds. The van der Waals surface area contributed by atoms with Crippen molar-refractivity contribution in [2.45, 2.75) is 6.10 Å². The normalized spacial score (nSPS) is 11.1. The number of carbonyl (C=O) groups is 1. The fraction of sp³-hybridized carbons (Fsp3) is 0.222. The quantitative estimate of drug-likeness (QED) is 0.749. The van der Waals surface area contributed by atoms with E-state index >= 15 is 0 Å². The Morgan fingerprint density at radius 2 is 1.92 bits per heavy atom. The Morgan fingerprint density at radius 1 is 1.20 bits per heavy atom. The molecule has 7 nitrogen and oxygen atoms in total. The van der Waals surface area contributed by atoms with Gasteiger partial charge in [-0.25, -0.2) is 4.79 Å². The van der Waals surface area contributed by atoms with Gasteiger partial charge in [0.15, 0.2) is 0 Å². The molecule has 0 heterocycles. The lowest BCUT2D eigenvalue weighted by atomic mass is 10.1. The Kier molecular flexibility index (Phi) is 6.20. The van der Waals surface area contributed by atoms with Crippen LogP contribution in [0.4, 0.5) is 10.5 Å². The highest BCUT2D eigenvalue weighted by molar-refractivity contribution is 5.89. The van der Waals surface area contributed by atoms with Gasteiger partial charge in [-0.15, -0.1) is 0 Å². The van der Waals surface area contributed by atoms with Crippen LogP contribution in [-0.4, -0.2) is 31.9 Å². The summed E-state index contributed by atoms with van der Waals surface area (Å²) in [5.41, 5.74) is 1.57. The van der Waals surface area contributed by atoms with Gasteiger partial charge in [-0.05, 0) is 42.5 Å². The topological polar surface area (TPSA) is 104 Å². The maximum atomic E-state index is 11.9. The largest absolute Gasteiger partial charge is 0.497 e. The highest BCUT2D eigenvalue weighted by Crippen LogP contribution is 2.29. The Hall–Kier alpha value is -3.24. The molecule has 2 rings (SSSR count). The van der Waals surface area contributed by atoms with E-state index in [1.54, 1.807) is 42.5 Å². The molecule has 2 aromatic rings. The van der Waals surface area contributed by atoms with Crippen LogP contribution in [0.3, 0.4) is 0 Å². The molecule has 0 spiro atoms. The zero-order valence-corrected chi connectivity index (χ0v) is 13.9. The third-order valence-corrected chi connectivity index (χ3v) is 3.52. The van der Waals surface area contributed by atoms with E-state index in [9.17, 15) is 9.90 Å². The van der Waals surface area contributed by atoms with Crippen molar-refractivity contribution < 1.29 is 19.4 Å². The summed E-state index contributed by atoms with van der Waals surface area (Å²) in [6, 6.07) is 13.1. The van der Waals surface area contributed by atoms with Crippen molar-refractivity contribution in [3.8, 4) is 17.6 Å². The van der Waals surface area contributed by atoms with Crippen LogP contribution in [0.25, 0.3) is 0 Å². The number of methoxy groups -OCH3 is 2. The second-order valence-corrected chi connectivity index (χ2v) is 5.15. The van der Waals surface area contributed by atoms with E-state index < -0.39 is 12.1 Å². The number of nitrogens with one attached hydrogen (secondary N) is 2. The zero-order chi connectivity index (χ0) is 18.2. The molecule has 0 radical (unpaired) electrons. The second-order valence-electron chi connectivity index (χ2n) is 5.15. The fourth-order valence-electron chi connectivity index (χ4n) is 2.20. The molecule has 0 saturated carbocycles. The molecule has 7 heteroatoms. The van der Waals surface area contributed by atoms with Gasteiger partial charge in [-0.2, -0.15) is 5.26 Å². The maximum Gasteiger partial charge on any atom is 0.319 e. The van der Waals surface area contributed by atoms with E-state index in [-0.39, 0.29) is 6.54 Å². The molecule has 0 unspecified atom stereocenters. The van der Waals surface area contributed by atoms with Gasteiger partial charge < -0.3 is 25.2 Å². The number of aliphatic hydroxyl groups is 1. The minimum absolute atomic E-state index is 0.00829. The standard InChI is InChI=1S/C18H19N3O4/c1-24-14-7-8-17(25-2)15(9-14)16(22)11-20-18(23)21-13-5-3-12(10-19)4-6-13/h3-9,16,22H,11H2,1-2H3,(H2,20,21,23)/t16-/m0/s1. The van der Waals surface area contributed by atoms with Crippen LogP contribution in [-0.2, 0) is 0 Å². The molecule has 0 aliphatic heterocycles. The summed E-state index contributed by atoms with van der Waals surface area (Å²) in [5.74, 6) is 1.08. The third kappa shape index (κ3) is 4.86. The fourth-order valence-corrected chi connectivity index (χ4v) is 2.20. The molecule has 2 aromatic carbocycles. The van der Waals surface area contributed by atoms with E-state index in [2.05, 4.69) is 10.6 Å². The summed E-state index contributed by atoms with van der Waals surface area (Å²) in [6.07, 6.45) is -0.961. The second kappa shape index (κ2) is 8.57. The summed E-state index contributed by atoms with van der Waals surface area (Å²) in [7, 11) is 3.03. The Morgan fingerprint density at radius 3 is 2.52 bits per heavy atom. The molecular formula is C18H19N3O4. The Balaban J connectivity index is 1.95. The van der Waals surface area contributed by atoms with E-state index in [1.807, 2.05) is 6.07 Å². The average molecular weight is 341 g/mol. The van der Waals surface area contributed by atoms with Gasteiger partial charge >= 0.3 is 6.03 Å². The number of hydrogen-bond acceptors (Lipinski definition) is 5. The Labute approximate surface area is 145 Å². The summed E-state index contributed by atoms with van der Waals surface area (Å²) in [6.45, 7) is -0.00829. The molecule has 0 saturated heterocycles. The molecule has 0 aliphatic carbocycles. The molecule has 130 valence electrons. The van der Waals surface area contributed by atoms with Crippen molar-refractivity contribution in [1.82, 2.24) is 5.32 Å². The number of benzene rings is 2. The van der Waals surface area contributed by atoms with Gasteiger partial charge in [0, 0.05) is 17.8 Å². The molecule has 0 fully saturated rings. The molecule has 0 aliphatic rings. The average Bonchev–Trinajstić information content (AvgIpc) is 2.66.